The summed E-state index contributed by atoms with van der Waals surface area (Å²) in [4.78, 5) is 84.8. The Morgan fingerprint density at radius 3 is 1.10 bits per heavy atom. The Morgan fingerprint density at radius 1 is 0.476 bits per heavy atom. The van der Waals surface area contributed by atoms with Gasteiger partial charge in [0, 0.05) is 151 Å². The van der Waals surface area contributed by atoms with E-state index in [1.165, 1.54) is 14.2 Å². The van der Waals surface area contributed by atoms with Crippen molar-refractivity contribution in [3.05, 3.63) is 155 Å². The minimum atomic E-state index is -1.20. The summed E-state index contributed by atoms with van der Waals surface area (Å²) in [7, 11) is 2.74. The first-order valence-corrected chi connectivity index (χ1v) is 35.7. The number of esters is 2. The Morgan fingerprint density at radius 2 is 0.790 bits per heavy atom. The van der Waals surface area contributed by atoms with E-state index in [2.05, 4.69) is 28.0 Å². The molecule has 0 unspecified atom stereocenters. The fourth-order valence-corrected chi connectivity index (χ4v) is 14.1. The van der Waals surface area contributed by atoms with Crippen LogP contribution in [0, 0.1) is 62.3 Å². The normalized spacial score (nSPS) is 14.1. The number of fused-ring (bicyclic) bond motifs is 3. The SMILES string of the molecule is COC(=O)[C@@H](OC(C)(C)C)c1c(C)nc2[nH]c(C)c(C)c2c1-c1ccc(Cl)cc1.COC(=O)[C@@H](OC(C)(C)C)c1c(C)nc2c(c(C)c(C)n2CCN2CCCC2=O)c1-c1ccc(Cl)cc1.Cc1nc2c(c(C)c(C)n2CCN2CCCC2=O)c(-c2ccc(Cl)cc2)c1[C@H](OC(C)(C)C)C(=O)O.S.S.S. The summed E-state index contributed by atoms with van der Waals surface area (Å²) in [5.74, 6) is -1.59. The van der Waals surface area contributed by atoms with E-state index in [0.717, 1.165) is 126 Å². The van der Waals surface area contributed by atoms with Crippen LogP contribution in [0.2, 0.25) is 15.1 Å². The maximum Gasteiger partial charge on any atom is 0.339 e. The van der Waals surface area contributed by atoms with Gasteiger partial charge in [-0.25, -0.2) is 29.3 Å². The van der Waals surface area contributed by atoms with Crippen LogP contribution < -0.4 is 0 Å². The van der Waals surface area contributed by atoms with Crippen molar-refractivity contribution in [1.29, 1.82) is 0 Å². The number of aromatic nitrogens is 6. The van der Waals surface area contributed by atoms with Crippen LogP contribution in [0.5, 0.6) is 0 Å². The molecule has 2 aliphatic heterocycles. The lowest BCUT2D eigenvalue weighted by atomic mass is 9.91. The van der Waals surface area contributed by atoms with Crippen LogP contribution in [0.25, 0.3) is 66.5 Å². The van der Waals surface area contributed by atoms with Crippen molar-refractivity contribution in [1.82, 2.24) is 38.9 Å². The predicted molar refractivity (Wildman–Crippen MR) is 435 cm³/mol. The fraction of sp³-hybridized carbons (Fsp3) is 0.450. The third kappa shape index (κ3) is 19.4. The third-order valence-electron chi connectivity index (χ3n) is 18.8. The number of rotatable bonds is 18. The van der Waals surface area contributed by atoms with Crippen molar-refractivity contribution in [2.45, 2.75) is 199 Å². The Kier molecular flexibility index (Phi) is 29.2. The number of aryl methyl sites for hydroxylation is 7. The number of hydrogen-bond donors (Lipinski definition) is 2. The molecule has 2 N–H and O–H groups in total. The van der Waals surface area contributed by atoms with Gasteiger partial charge in [-0.15, -0.1) is 0 Å². The topological polar surface area (TPSA) is 223 Å². The van der Waals surface area contributed by atoms with E-state index in [4.69, 9.17) is 73.4 Å². The molecule has 6 aromatic heterocycles. The second-order valence-corrected chi connectivity index (χ2v) is 30.7. The number of H-pyrrole nitrogens is 1. The van der Waals surface area contributed by atoms with E-state index in [1.807, 2.05) is 181 Å². The summed E-state index contributed by atoms with van der Waals surface area (Å²) in [6.07, 6.45) is -0.0272. The number of carbonyl (C=O) groups excluding carboxylic acids is 4. The van der Waals surface area contributed by atoms with Crippen molar-refractivity contribution in [3.63, 3.8) is 0 Å². The van der Waals surface area contributed by atoms with Gasteiger partial charge < -0.3 is 52.7 Å². The number of aliphatic carboxylic acids is 1. The molecule has 3 aromatic carbocycles. The molecule has 3 atom stereocenters. The van der Waals surface area contributed by atoms with Gasteiger partial charge in [0.1, 0.15) is 16.9 Å². The monoisotopic (exact) mass is 1550 g/mol. The number of carbonyl (C=O) groups is 5. The molecule has 0 saturated carbocycles. The van der Waals surface area contributed by atoms with Crippen molar-refractivity contribution < 1.29 is 52.8 Å². The first-order chi connectivity index (χ1) is 47.8. The quantitative estimate of drug-likeness (QED) is 0.0763. The number of nitrogens with zero attached hydrogens (tertiary/aromatic N) is 7. The van der Waals surface area contributed by atoms with Crippen molar-refractivity contribution in [2.75, 3.05) is 40.4 Å². The van der Waals surface area contributed by atoms with Crippen LogP contribution in [0.4, 0.5) is 0 Å². The number of amides is 2. The van der Waals surface area contributed by atoms with E-state index in [1.54, 1.807) is 12.1 Å². The van der Waals surface area contributed by atoms with Crippen LogP contribution in [-0.4, -0.2) is 131 Å². The summed E-state index contributed by atoms with van der Waals surface area (Å²) < 4.78 is 33.2. The van der Waals surface area contributed by atoms with Crippen LogP contribution >= 0.6 is 75.3 Å². The number of nitrogens with one attached hydrogen (secondary N) is 1. The smallest absolute Gasteiger partial charge is 0.339 e. The molecule has 25 heteroatoms. The van der Waals surface area contributed by atoms with E-state index in [0.29, 0.717) is 87.9 Å². The molecule has 11 rings (SSSR count). The van der Waals surface area contributed by atoms with Gasteiger partial charge >= 0.3 is 17.9 Å². The Labute approximate surface area is 653 Å². The number of carboxylic acid groups (broad SMARTS) is 1. The van der Waals surface area contributed by atoms with E-state index >= 15 is 0 Å². The summed E-state index contributed by atoms with van der Waals surface area (Å²) in [6.45, 7) is 39.1. The zero-order valence-electron chi connectivity index (χ0n) is 64.0. The van der Waals surface area contributed by atoms with Crippen LogP contribution in [0.1, 0.15) is 174 Å². The number of pyridine rings is 3. The highest BCUT2D eigenvalue weighted by Crippen LogP contribution is 2.46. The van der Waals surface area contributed by atoms with Crippen LogP contribution in [0.3, 0.4) is 0 Å². The van der Waals surface area contributed by atoms with E-state index in [9.17, 15) is 29.1 Å². The minimum Gasteiger partial charge on any atom is -0.479 e. The predicted octanol–water partition coefficient (Wildman–Crippen LogP) is 18.0. The largest absolute Gasteiger partial charge is 0.479 e. The highest BCUT2D eigenvalue weighted by atomic mass is 35.5. The number of ether oxygens (including phenoxy) is 5. The number of benzene rings is 3. The number of methoxy groups -OCH3 is 2. The molecule has 2 aliphatic rings. The van der Waals surface area contributed by atoms with E-state index in [-0.39, 0.29) is 52.3 Å². The molecule has 8 heterocycles. The zero-order chi connectivity index (χ0) is 74.9. The maximum atomic E-state index is 13.1. The van der Waals surface area contributed by atoms with Crippen molar-refractivity contribution in [2.24, 2.45) is 0 Å². The van der Waals surface area contributed by atoms with Crippen LogP contribution in [0.15, 0.2) is 72.8 Å². The molecular weight excluding hydrogens is 1450 g/mol. The zero-order valence-corrected chi connectivity index (χ0v) is 69.3. The Hall–Kier alpha value is -7.12. The first-order valence-electron chi connectivity index (χ1n) is 34.6. The van der Waals surface area contributed by atoms with Gasteiger partial charge in [-0.2, -0.15) is 40.5 Å². The van der Waals surface area contributed by atoms with Gasteiger partial charge in [0.2, 0.25) is 11.8 Å². The molecule has 2 amide bonds. The number of hydrogen-bond acceptors (Lipinski definition) is 13. The van der Waals surface area contributed by atoms with Gasteiger partial charge in [0.15, 0.2) is 18.3 Å². The molecule has 9 aromatic rings. The van der Waals surface area contributed by atoms with Gasteiger partial charge in [0.05, 0.1) is 31.0 Å². The first kappa shape index (κ1) is 86.8. The third-order valence-corrected chi connectivity index (χ3v) is 19.6. The highest BCUT2D eigenvalue weighted by molar-refractivity contribution is 7.59. The molecule has 0 spiro atoms. The van der Waals surface area contributed by atoms with E-state index < -0.39 is 53.0 Å². The molecule has 0 radical (unpaired) electrons. The number of likely N-dealkylation sites (tertiary alicyclic amines) is 2. The standard InChI is InChI=1S/C29H36ClN3O4.C28H34ClN3O4.C23H27ClN2O3.3H2S/c1-17-19(3)33(16-15-32-14-8-9-22(32)34)27-23(17)25(20-10-12-21(30)13-11-20)24(18(2)31-27)26(28(35)36-7)37-29(4,5)6;1-16-18(3)32(15-14-31-13-7-8-21(31)33)26-22(16)24(19-9-11-20(29)12-10-19)23(17(2)30-26)25(27(34)35)36-28(4,5)6;1-12-13(2)25-21-17(12)19(15-8-10-16(24)11-9-15)18(14(3)26-21)20(22(27)28-7)29-23(4,5)6;;;/h10-13,26H,8-9,14-16H2,1-7H3;9-12,25H,7-8,13-15H2,1-6H3,(H,34,35);8-11,20H,1-7H3,(H,25,26);3*1H2/t26-;25-;20-;;;/m000.../s1. The molecule has 568 valence electrons. The van der Waals surface area contributed by atoms with Gasteiger partial charge in [-0.05, 0) is 207 Å². The lowest BCUT2D eigenvalue weighted by Crippen LogP contribution is -2.29. The van der Waals surface area contributed by atoms with Gasteiger partial charge in [-0.1, -0.05) is 71.2 Å². The minimum absolute atomic E-state index is 0. The second-order valence-electron chi connectivity index (χ2n) is 29.4. The Balaban J connectivity index is 0.000000245. The maximum absolute atomic E-state index is 13.1. The molecule has 105 heavy (non-hydrogen) atoms. The summed E-state index contributed by atoms with van der Waals surface area (Å²) in [6, 6.07) is 22.6. The average molecular weight is 1560 g/mol. The second kappa shape index (κ2) is 35.3. The van der Waals surface area contributed by atoms with Crippen molar-refractivity contribution >= 4 is 138 Å². The number of halogens is 3. The summed E-state index contributed by atoms with van der Waals surface area (Å²) >= 11 is 18.6. The molecule has 0 aliphatic carbocycles. The lowest BCUT2D eigenvalue weighted by Gasteiger charge is -2.29. The molecule has 2 fully saturated rings. The highest BCUT2D eigenvalue weighted by Gasteiger charge is 2.38. The lowest BCUT2D eigenvalue weighted by molar-refractivity contribution is -0.164. The van der Waals surface area contributed by atoms with Gasteiger partial charge in [-0.3, -0.25) is 9.59 Å². The summed E-state index contributed by atoms with van der Waals surface area (Å²) in [5, 5.41) is 14.9. The summed E-state index contributed by atoms with van der Waals surface area (Å²) in [5.41, 5.74) is 16.1. The molecule has 19 nitrogen and oxygen atoms in total. The van der Waals surface area contributed by atoms with Crippen molar-refractivity contribution in [3.8, 4) is 33.4 Å². The molecule has 2 saturated heterocycles. The Bertz CT molecular complexity index is 4670. The van der Waals surface area contributed by atoms with Crippen LogP contribution in [-0.2, 0) is 60.7 Å². The molecule has 0 bridgehead atoms. The number of aromatic amines is 1. The average Bonchev–Trinajstić information content (AvgIpc) is 1.64. The molecular formula is C80H103Cl3N8O11S3. The number of carboxylic acids is 1. The fourth-order valence-electron chi connectivity index (χ4n) is 13.8. The van der Waals surface area contributed by atoms with Gasteiger partial charge in [0.25, 0.3) is 0 Å².